The molecule has 0 fully saturated rings. The van der Waals surface area contributed by atoms with Crippen molar-refractivity contribution in [1.82, 2.24) is 15.3 Å². The lowest BCUT2D eigenvalue weighted by Gasteiger charge is -2.43. The molecule has 3 N–H and O–H groups in total. The van der Waals surface area contributed by atoms with Crippen LogP contribution in [0.1, 0.15) is 43.2 Å². The van der Waals surface area contributed by atoms with Crippen molar-refractivity contribution in [2.75, 3.05) is 11.6 Å². The summed E-state index contributed by atoms with van der Waals surface area (Å²) in [5, 5.41) is 16.2. The third kappa shape index (κ3) is 4.78. The number of carboxylic acids is 1. The van der Waals surface area contributed by atoms with Crippen molar-refractivity contribution in [3.05, 3.63) is 62.6 Å². The zero-order valence-electron chi connectivity index (χ0n) is 19.0. The number of halogens is 2. The van der Waals surface area contributed by atoms with Gasteiger partial charge < -0.3 is 15.7 Å². The number of ketones is 1. The SMILES string of the molecule is CC[C@@](Cc1ccc(NC(=O)c2c(Cl)cncc2Cl)cn1)(NC1=C(SC)C(=O)C1(C)C)C(=O)O. The molecule has 34 heavy (non-hydrogen) atoms. The first-order valence-corrected chi connectivity index (χ1v) is 12.3. The Balaban J connectivity index is 1.81. The monoisotopic (exact) mass is 522 g/mol. The van der Waals surface area contributed by atoms with Crippen LogP contribution in [0.3, 0.4) is 0 Å². The first kappa shape index (κ1) is 26.0. The van der Waals surface area contributed by atoms with E-state index in [1.807, 2.05) is 0 Å². The van der Waals surface area contributed by atoms with Crippen molar-refractivity contribution in [3.63, 3.8) is 0 Å². The van der Waals surface area contributed by atoms with Crippen LogP contribution in [0, 0.1) is 5.41 Å². The number of rotatable bonds is 9. The number of hydrogen-bond acceptors (Lipinski definition) is 7. The van der Waals surface area contributed by atoms with Gasteiger partial charge in [-0.1, -0.05) is 30.1 Å². The number of carbonyl (C=O) groups excluding carboxylic acids is 2. The molecule has 11 heteroatoms. The van der Waals surface area contributed by atoms with Crippen LogP contribution < -0.4 is 10.6 Å². The topological polar surface area (TPSA) is 121 Å². The summed E-state index contributed by atoms with van der Waals surface area (Å²) in [5.41, 5.74) is -0.511. The molecule has 0 saturated carbocycles. The zero-order valence-corrected chi connectivity index (χ0v) is 21.4. The van der Waals surface area contributed by atoms with Crippen LogP contribution in [0.2, 0.25) is 10.0 Å². The number of amides is 1. The molecular formula is C23H24Cl2N4O4S. The second-order valence-electron chi connectivity index (χ2n) is 8.38. The van der Waals surface area contributed by atoms with E-state index in [0.717, 1.165) is 0 Å². The molecule has 0 unspecified atom stereocenters. The van der Waals surface area contributed by atoms with E-state index in [2.05, 4.69) is 20.6 Å². The van der Waals surface area contributed by atoms with Gasteiger partial charge in [-0.25, -0.2) is 4.79 Å². The van der Waals surface area contributed by atoms with Gasteiger partial charge in [-0.05, 0) is 38.7 Å². The lowest BCUT2D eigenvalue weighted by molar-refractivity contribution is -0.145. The fraction of sp³-hybridized carbons (Fsp3) is 0.348. The minimum Gasteiger partial charge on any atom is -0.479 e. The molecule has 1 aliphatic rings. The highest BCUT2D eigenvalue weighted by atomic mass is 35.5. The van der Waals surface area contributed by atoms with E-state index in [1.54, 1.807) is 39.2 Å². The maximum absolute atomic E-state index is 12.6. The Bertz CT molecular complexity index is 1160. The maximum atomic E-state index is 12.6. The number of nitrogens with one attached hydrogen (secondary N) is 2. The van der Waals surface area contributed by atoms with Gasteiger partial charge in [0.2, 0.25) is 0 Å². The van der Waals surface area contributed by atoms with E-state index >= 15 is 0 Å². The highest BCUT2D eigenvalue weighted by Gasteiger charge is 2.50. The molecule has 2 heterocycles. The number of pyridine rings is 2. The van der Waals surface area contributed by atoms with Crippen molar-refractivity contribution in [2.45, 2.75) is 39.2 Å². The lowest BCUT2D eigenvalue weighted by atomic mass is 9.73. The smallest absolute Gasteiger partial charge is 0.329 e. The molecule has 0 bridgehead atoms. The molecular weight excluding hydrogens is 499 g/mol. The molecule has 2 aromatic rings. The summed E-state index contributed by atoms with van der Waals surface area (Å²) in [7, 11) is 0. The van der Waals surface area contributed by atoms with Crippen molar-refractivity contribution in [2.24, 2.45) is 5.41 Å². The van der Waals surface area contributed by atoms with Gasteiger partial charge >= 0.3 is 5.97 Å². The van der Waals surface area contributed by atoms with Crippen molar-refractivity contribution < 1.29 is 19.5 Å². The Morgan fingerprint density at radius 2 is 1.82 bits per heavy atom. The number of aromatic nitrogens is 2. The van der Waals surface area contributed by atoms with Crippen LogP contribution in [0.15, 0.2) is 41.3 Å². The van der Waals surface area contributed by atoms with Crippen LogP contribution >= 0.6 is 35.0 Å². The molecule has 1 atom stereocenters. The second kappa shape index (κ2) is 9.93. The van der Waals surface area contributed by atoms with Crippen molar-refractivity contribution >= 4 is 58.3 Å². The van der Waals surface area contributed by atoms with Crippen LogP contribution in [0.4, 0.5) is 5.69 Å². The van der Waals surface area contributed by atoms with Crippen LogP contribution in [0.25, 0.3) is 0 Å². The Morgan fingerprint density at radius 1 is 1.18 bits per heavy atom. The minimum atomic E-state index is -1.36. The number of thioether (sulfide) groups is 1. The molecule has 0 spiro atoms. The van der Waals surface area contributed by atoms with E-state index in [9.17, 15) is 19.5 Å². The summed E-state index contributed by atoms with van der Waals surface area (Å²) in [4.78, 5) is 46.0. The number of carboxylic acid groups (broad SMARTS) is 1. The van der Waals surface area contributed by atoms with Gasteiger partial charge in [0.05, 0.1) is 37.8 Å². The summed E-state index contributed by atoms with van der Waals surface area (Å²) in [6.45, 7) is 5.32. The van der Waals surface area contributed by atoms with Crippen molar-refractivity contribution in [1.29, 1.82) is 0 Å². The van der Waals surface area contributed by atoms with Gasteiger partial charge in [0.1, 0.15) is 5.54 Å². The number of anilines is 1. The maximum Gasteiger partial charge on any atom is 0.329 e. The predicted octanol–water partition coefficient (Wildman–Crippen LogP) is 4.58. The molecule has 1 aliphatic carbocycles. The summed E-state index contributed by atoms with van der Waals surface area (Å²) in [6, 6.07) is 3.26. The Hall–Kier alpha value is -2.62. The summed E-state index contributed by atoms with van der Waals surface area (Å²) < 4.78 is 0. The van der Waals surface area contributed by atoms with Gasteiger partial charge in [-0.2, -0.15) is 0 Å². The lowest BCUT2D eigenvalue weighted by Crippen LogP contribution is -2.58. The predicted molar refractivity (Wildman–Crippen MR) is 133 cm³/mol. The molecule has 0 saturated heterocycles. The quantitative estimate of drug-likeness (QED) is 0.437. The fourth-order valence-corrected chi connectivity index (χ4v) is 5.14. The first-order valence-electron chi connectivity index (χ1n) is 10.4. The largest absolute Gasteiger partial charge is 0.479 e. The molecule has 1 amide bonds. The van der Waals surface area contributed by atoms with E-state index in [-0.39, 0.29) is 34.2 Å². The number of allylic oxidation sites excluding steroid dienone is 2. The highest BCUT2D eigenvalue weighted by molar-refractivity contribution is 8.03. The minimum absolute atomic E-state index is 0.00878. The van der Waals surface area contributed by atoms with E-state index in [1.165, 1.54) is 30.4 Å². The highest BCUT2D eigenvalue weighted by Crippen LogP contribution is 2.46. The van der Waals surface area contributed by atoms with Crippen LogP contribution in [-0.4, -0.2) is 44.5 Å². The summed E-state index contributed by atoms with van der Waals surface area (Å²) in [6.07, 6.45) is 6.20. The molecule has 8 nitrogen and oxygen atoms in total. The van der Waals surface area contributed by atoms with Gasteiger partial charge in [0.25, 0.3) is 5.91 Å². The molecule has 0 aliphatic heterocycles. The Morgan fingerprint density at radius 3 is 2.32 bits per heavy atom. The second-order valence-corrected chi connectivity index (χ2v) is 10.0. The normalized spacial score (nSPS) is 16.5. The standard InChI is InChI=1S/C23H24Cl2N4O4S/c1-5-23(21(32)33,29-18-17(34-4)19(30)22(18,2)3)8-12-6-7-13(9-27-12)28-20(31)16-14(24)10-26-11-15(16)25/h6-7,9-11,29H,5,8H2,1-4H3,(H,28,31)(H,32,33)/t23-/m0/s1. The molecule has 0 radical (unpaired) electrons. The fourth-order valence-electron chi connectivity index (χ4n) is 3.65. The van der Waals surface area contributed by atoms with E-state index < -0.39 is 22.8 Å². The summed E-state index contributed by atoms with van der Waals surface area (Å²) in [5.74, 6) is -1.57. The molecule has 180 valence electrons. The van der Waals surface area contributed by atoms with Gasteiger partial charge in [0.15, 0.2) is 5.78 Å². The third-order valence-corrected chi connectivity index (χ3v) is 7.22. The van der Waals surface area contributed by atoms with Crippen LogP contribution in [0.5, 0.6) is 0 Å². The van der Waals surface area contributed by atoms with E-state index in [0.29, 0.717) is 22.0 Å². The molecule has 0 aromatic carbocycles. The summed E-state index contributed by atoms with van der Waals surface area (Å²) >= 11 is 13.4. The number of nitrogens with zero attached hydrogens (tertiary/aromatic N) is 2. The first-order chi connectivity index (χ1) is 16.0. The van der Waals surface area contributed by atoms with Gasteiger partial charge in [0, 0.05) is 30.2 Å². The van der Waals surface area contributed by atoms with E-state index in [4.69, 9.17) is 23.2 Å². The number of hydrogen-bond donors (Lipinski definition) is 3. The molecule has 3 rings (SSSR count). The number of Topliss-reactive ketones (excluding diaryl/α,β-unsaturated/α-hetero) is 1. The number of carbonyl (C=O) groups is 3. The van der Waals surface area contributed by atoms with Gasteiger partial charge in [-0.3, -0.25) is 19.6 Å². The number of aliphatic carboxylic acids is 1. The van der Waals surface area contributed by atoms with Gasteiger partial charge in [-0.15, -0.1) is 11.8 Å². The third-order valence-electron chi connectivity index (χ3n) is 5.85. The Kier molecular flexibility index (Phi) is 7.59. The average Bonchev–Trinajstić information content (AvgIpc) is 2.79. The van der Waals surface area contributed by atoms with Crippen LogP contribution in [-0.2, 0) is 16.0 Å². The Labute approximate surface area is 211 Å². The average molecular weight is 523 g/mol. The molecule has 2 aromatic heterocycles. The zero-order chi connectivity index (χ0) is 25.3. The van der Waals surface area contributed by atoms with Crippen molar-refractivity contribution in [3.8, 4) is 0 Å².